The van der Waals surface area contributed by atoms with Crippen molar-refractivity contribution in [1.29, 1.82) is 0 Å². The Hall–Kier alpha value is -2.73. The average Bonchev–Trinajstić information content (AvgIpc) is 2.49. The van der Waals surface area contributed by atoms with Crippen LogP contribution in [-0.4, -0.2) is 24.1 Å². The molecule has 0 unspecified atom stereocenters. The van der Waals surface area contributed by atoms with Gasteiger partial charge in [0.1, 0.15) is 5.75 Å². The maximum atomic E-state index is 12.2. The van der Waals surface area contributed by atoms with E-state index in [1.54, 1.807) is 0 Å². The van der Waals surface area contributed by atoms with Crippen molar-refractivity contribution >= 4 is 34.9 Å². The summed E-state index contributed by atoms with van der Waals surface area (Å²) in [5, 5.41) is 12.0. The highest BCUT2D eigenvalue weighted by Crippen LogP contribution is 2.24. The molecule has 0 fully saturated rings. The van der Waals surface area contributed by atoms with Gasteiger partial charge in [0.05, 0.1) is 29.1 Å². The molecule has 0 atom stereocenters. The second-order valence-corrected chi connectivity index (χ2v) is 4.81. The van der Waals surface area contributed by atoms with Crippen LogP contribution in [0.15, 0.2) is 36.4 Å². The smallest absolute Gasteiger partial charge is 0.337 e. The molecule has 2 aromatic carbocycles. The minimum Gasteiger partial charge on any atom is -0.497 e. The summed E-state index contributed by atoms with van der Waals surface area (Å²) in [7, 11) is 1.45. The molecule has 0 saturated carbocycles. The molecule has 0 aliphatic carbocycles. The molecule has 2 rings (SSSR count). The van der Waals surface area contributed by atoms with Gasteiger partial charge in [-0.25, -0.2) is 4.79 Å². The van der Waals surface area contributed by atoms with Gasteiger partial charge in [-0.05, 0) is 30.3 Å². The lowest BCUT2D eigenvalue weighted by Gasteiger charge is -2.11. The number of amides is 1. The molecule has 6 nitrogen and oxygen atoms in total. The molecule has 0 aromatic heterocycles. The molecule has 2 aromatic rings. The maximum Gasteiger partial charge on any atom is 0.337 e. The Kier molecular flexibility index (Phi) is 4.53. The largest absolute Gasteiger partial charge is 0.497 e. The number of carbonyl (C=O) groups is 2. The number of rotatable bonds is 4. The number of hydrogen-bond acceptors (Lipinski definition) is 4. The summed E-state index contributed by atoms with van der Waals surface area (Å²) in [6.45, 7) is 0. The molecule has 7 heteroatoms. The van der Waals surface area contributed by atoms with Crippen LogP contribution in [0.5, 0.6) is 5.75 Å². The molecule has 0 aliphatic rings. The number of anilines is 2. The quantitative estimate of drug-likeness (QED) is 0.752. The van der Waals surface area contributed by atoms with Crippen LogP contribution >= 0.6 is 11.6 Å². The van der Waals surface area contributed by atoms with E-state index in [9.17, 15) is 9.59 Å². The second kappa shape index (κ2) is 6.36. The van der Waals surface area contributed by atoms with Gasteiger partial charge in [-0.2, -0.15) is 0 Å². The number of nitrogens with one attached hydrogen (secondary N) is 1. The third kappa shape index (κ3) is 3.29. The minimum atomic E-state index is -1.16. The SMILES string of the molecule is COc1ccc(C(=O)O)c(NC(=O)c2ccc(Cl)c(N)c2)c1. The van der Waals surface area contributed by atoms with Gasteiger partial charge in [-0.1, -0.05) is 11.6 Å². The van der Waals surface area contributed by atoms with E-state index < -0.39 is 11.9 Å². The molecule has 0 saturated heterocycles. The van der Waals surface area contributed by atoms with Crippen LogP contribution < -0.4 is 15.8 Å². The normalized spacial score (nSPS) is 10.1. The zero-order valence-electron chi connectivity index (χ0n) is 11.6. The van der Waals surface area contributed by atoms with Crippen LogP contribution in [0.4, 0.5) is 11.4 Å². The van der Waals surface area contributed by atoms with Gasteiger partial charge in [0.2, 0.25) is 0 Å². The minimum absolute atomic E-state index is 0.0453. The Morgan fingerprint density at radius 2 is 1.95 bits per heavy atom. The topological polar surface area (TPSA) is 102 Å². The number of aromatic carboxylic acids is 1. The molecule has 4 N–H and O–H groups in total. The lowest BCUT2D eigenvalue weighted by atomic mass is 10.1. The van der Waals surface area contributed by atoms with Crippen LogP contribution in [0.25, 0.3) is 0 Å². The predicted octanol–water partition coefficient (Wildman–Crippen LogP) is 2.88. The van der Waals surface area contributed by atoms with E-state index in [2.05, 4.69) is 5.32 Å². The first-order chi connectivity index (χ1) is 10.4. The Bertz CT molecular complexity index is 746. The van der Waals surface area contributed by atoms with Gasteiger partial charge in [-0.3, -0.25) is 4.79 Å². The highest BCUT2D eigenvalue weighted by Gasteiger charge is 2.15. The zero-order valence-corrected chi connectivity index (χ0v) is 12.3. The molecule has 0 heterocycles. The fraction of sp³-hybridized carbons (Fsp3) is 0.0667. The van der Waals surface area contributed by atoms with Gasteiger partial charge in [-0.15, -0.1) is 0 Å². The van der Waals surface area contributed by atoms with E-state index in [1.807, 2.05) is 0 Å². The molecule has 22 heavy (non-hydrogen) atoms. The number of nitrogens with two attached hydrogens (primary N) is 1. The van der Waals surface area contributed by atoms with E-state index in [-0.39, 0.29) is 22.5 Å². The Morgan fingerprint density at radius 3 is 2.55 bits per heavy atom. The van der Waals surface area contributed by atoms with Crippen molar-refractivity contribution in [3.8, 4) is 5.75 Å². The highest BCUT2D eigenvalue weighted by molar-refractivity contribution is 6.33. The van der Waals surface area contributed by atoms with Crippen molar-refractivity contribution in [1.82, 2.24) is 0 Å². The average molecular weight is 321 g/mol. The molecule has 114 valence electrons. The van der Waals surface area contributed by atoms with Crippen LogP contribution in [0.2, 0.25) is 5.02 Å². The lowest BCUT2D eigenvalue weighted by molar-refractivity contribution is 0.0698. The van der Waals surface area contributed by atoms with Crippen molar-refractivity contribution in [3.63, 3.8) is 0 Å². The van der Waals surface area contributed by atoms with E-state index in [0.29, 0.717) is 10.8 Å². The number of carbonyl (C=O) groups excluding carboxylic acids is 1. The number of benzene rings is 2. The molecular formula is C15H13ClN2O4. The molecule has 1 amide bonds. The van der Waals surface area contributed by atoms with Gasteiger partial charge in [0, 0.05) is 11.6 Å². The maximum absolute atomic E-state index is 12.2. The first-order valence-electron chi connectivity index (χ1n) is 6.20. The molecule has 0 spiro atoms. The summed E-state index contributed by atoms with van der Waals surface area (Å²) in [4.78, 5) is 23.4. The van der Waals surface area contributed by atoms with Crippen LogP contribution in [0, 0.1) is 0 Å². The number of halogens is 1. The summed E-state index contributed by atoms with van der Waals surface area (Å²) >= 11 is 5.80. The van der Waals surface area contributed by atoms with E-state index >= 15 is 0 Å². The number of carboxylic acids is 1. The number of hydrogen-bond donors (Lipinski definition) is 3. The lowest BCUT2D eigenvalue weighted by Crippen LogP contribution is -2.15. The van der Waals surface area contributed by atoms with Crippen LogP contribution in [0.3, 0.4) is 0 Å². The summed E-state index contributed by atoms with van der Waals surface area (Å²) in [5.74, 6) is -1.23. The van der Waals surface area contributed by atoms with E-state index in [0.717, 1.165) is 0 Å². The van der Waals surface area contributed by atoms with Crippen molar-refractivity contribution in [2.45, 2.75) is 0 Å². The highest BCUT2D eigenvalue weighted by atomic mass is 35.5. The Balaban J connectivity index is 2.34. The van der Waals surface area contributed by atoms with Crippen molar-refractivity contribution < 1.29 is 19.4 Å². The van der Waals surface area contributed by atoms with Gasteiger partial charge < -0.3 is 20.9 Å². The van der Waals surface area contributed by atoms with Crippen molar-refractivity contribution in [2.24, 2.45) is 0 Å². The van der Waals surface area contributed by atoms with E-state index in [1.165, 1.54) is 43.5 Å². The van der Waals surface area contributed by atoms with Gasteiger partial charge in [0.15, 0.2) is 0 Å². The zero-order chi connectivity index (χ0) is 16.3. The summed E-state index contributed by atoms with van der Waals surface area (Å²) < 4.78 is 5.03. The van der Waals surface area contributed by atoms with Gasteiger partial charge in [0.25, 0.3) is 5.91 Å². The molecule has 0 radical (unpaired) electrons. The third-order valence-electron chi connectivity index (χ3n) is 2.96. The van der Waals surface area contributed by atoms with Crippen molar-refractivity contribution in [2.75, 3.05) is 18.2 Å². The fourth-order valence-corrected chi connectivity index (χ4v) is 1.94. The van der Waals surface area contributed by atoms with Crippen molar-refractivity contribution in [3.05, 3.63) is 52.5 Å². The predicted molar refractivity (Wildman–Crippen MR) is 83.8 cm³/mol. The first kappa shape index (κ1) is 15.7. The number of nitrogen functional groups attached to an aromatic ring is 1. The van der Waals surface area contributed by atoms with Gasteiger partial charge >= 0.3 is 5.97 Å². The first-order valence-corrected chi connectivity index (χ1v) is 6.58. The summed E-state index contributed by atoms with van der Waals surface area (Å²) in [5.41, 5.74) is 6.26. The fourth-order valence-electron chi connectivity index (χ4n) is 1.82. The second-order valence-electron chi connectivity index (χ2n) is 4.41. The molecule has 0 bridgehead atoms. The number of methoxy groups -OCH3 is 1. The van der Waals surface area contributed by atoms with Crippen LogP contribution in [0.1, 0.15) is 20.7 Å². The number of carboxylic acid groups (broad SMARTS) is 1. The standard InChI is InChI=1S/C15H13ClN2O4/c1-22-9-3-4-10(15(20)21)13(7-9)18-14(19)8-2-5-11(16)12(17)6-8/h2-7H,17H2,1H3,(H,18,19)(H,20,21). The molecular weight excluding hydrogens is 308 g/mol. The monoisotopic (exact) mass is 320 g/mol. The van der Waals surface area contributed by atoms with Crippen LogP contribution in [-0.2, 0) is 0 Å². The molecule has 0 aliphatic heterocycles. The summed E-state index contributed by atoms with van der Waals surface area (Å²) in [6, 6.07) is 8.69. The summed E-state index contributed by atoms with van der Waals surface area (Å²) in [6.07, 6.45) is 0. The third-order valence-corrected chi connectivity index (χ3v) is 3.31. The Morgan fingerprint density at radius 1 is 1.23 bits per heavy atom. The van der Waals surface area contributed by atoms with E-state index in [4.69, 9.17) is 27.2 Å². The Labute approximate surface area is 131 Å². The number of ether oxygens (including phenoxy) is 1.